The van der Waals surface area contributed by atoms with Crippen molar-refractivity contribution < 1.29 is 4.79 Å². The number of halogens is 1. The molecule has 2 N–H and O–H groups in total. The van der Waals surface area contributed by atoms with Crippen molar-refractivity contribution in [2.75, 3.05) is 13.1 Å². The number of fused-ring (bicyclic) bond motifs is 1. The SMILES string of the molecule is Cc1cccc(C(=O)N(CCCN)C(c2cc3c(Br)c(C)nn3c(=O)n2Cc2ccccc2)C(C)C)c1. The van der Waals surface area contributed by atoms with E-state index < -0.39 is 0 Å². The van der Waals surface area contributed by atoms with Crippen LogP contribution in [0.4, 0.5) is 0 Å². The smallest absolute Gasteiger partial charge is 0.330 e. The van der Waals surface area contributed by atoms with Gasteiger partial charge in [-0.1, -0.05) is 61.9 Å². The number of rotatable bonds is 9. The van der Waals surface area contributed by atoms with Gasteiger partial charge in [0.05, 0.1) is 28.3 Å². The Morgan fingerprint density at radius 3 is 2.46 bits per heavy atom. The van der Waals surface area contributed by atoms with Gasteiger partial charge in [-0.05, 0) is 72.4 Å². The van der Waals surface area contributed by atoms with Gasteiger partial charge in [0, 0.05) is 17.8 Å². The van der Waals surface area contributed by atoms with Crippen molar-refractivity contribution in [2.45, 2.75) is 46.7 Å². The second-order valence-electron chi connectivity index (χ2n) is 9.82. The molecule has 2 aromatic heterocycles. The van der Waals surface area contributed by atoms with Crippen LogP contribution in [0.25, 0.3) is 5.52 Å². The first kappa shape index (κ1) is 26.8. The highest BCUT2D eigenvalue weighted by atomic mass is 79.9. The van der Waals surface area contributed by atoms with E-state index in [0.29, 0.717) is 37.1 Å². The molecule has 0 radical (unpaired) electrons. The van der Waals surface area contributed by atoms with Crippen LogP contribution in [-0.2, 0) is 6.54 Å². The Labute approximate surface area is 226 Å². The fourth-order valence-corrected chi connectivity index (χ4v) is 5.20. The predicted molar refractivity (Wildman–Crippen MR) is 151 cm³/mol. The third-order valence-electron chi connectivity index (χ3n) is 6.61. The lowest BCUT2D eigenvalue weighted by molar-refractivity contribution is 0.0609. The van der Waals surface area contributed by atoms with Crippen molar-refractivity contribution in [1.29, 1.82) is 0 Å². The molecule has 0 saturated heterocycles. The second kappa shape index (κ2) is 11.4. The number of nitrogens with two attached hydrogens (primary N) is 1. The number of carbonyl (C=O) groups excluding carboxylic acids is 1. The minimum Gasteiger partial charge on any atom is -0.330 e. The van der Waals surface area contributed by atoms with Gasteiger partial charge in [-0.25, -0.2) is 4.79 Å². The summed E-state index contributed by atoms with van der Waals surface area (Å²) in [6.07, 6.45) is 0.654. The van der Waals surface area contributed by atoms with Gasteiger partial charge in [0.15, 0.2) is 0 Å². The van der Waals surface area contributed by atoms with E-state index in [0.717, 1.165) is 27.0 Å². The van der Waals surface area contributed by atoms with Crippen LogP contribution in [-0.4, -0.2) is 38.1 Å². The highest BCUT2D eigenvalue weighted by molar-refractivity contribution is 9.10. The van der Waals surface area contributed by atoms with Crippen LogP contribution in [0, 0.1) is 19.8 Å². The Morgan fingerprint density at radius 1 is 1.08 bits per heavy atom. The molecule has 1 unspecified atom stereocenters. The zero-order chi connectivity index (χ0) is 26.7. The molecule has 37 heavy (non-hydrogen) atoms. The minimum absolute atomic E-state index is 0.0261. The summed E-state index contributed by atoms with van der Waals surface area (Å²) < 4.78 is 3.97. The zero-order valence-corrected chi connectivity index (χ0v) is 23.4. The van der Waals surface area contributed by atoms with Gasteiger partial charge >= 0.3 is 5.69 Å². The van der Waals surface area contributed by atoms with Crippen molar-refractivity contribution in [3.8, 4) is 0 Å². The van der Waals surface area contributed by atoms with Gasteiger partial charge in [0.1, 0.15) is 0 Å². The van der Waals surface area contributed by atoms with Crippen LogP contribution >= 0.6 is 15.9 Å². The summed E-state index contributed by atoms with van der Waals surface area (Å²) in [5.41, 5.74) is 10.5. The standard InChI is InChI=1S/C29H34BrN5O2/c1-19(2)27(33(15-9-14-31)28(36)23-13-8-10-20(3)16-23)25-17-24-26(30)21(4)32-35(24)29(37)34(25)18-22-11-6-5-7-12-22/h5-8,10-13,16-17,19,27H,9,14-15,18,31H2,1-4H3. The van der Waals surface area contributed by atoms with E-state index in [2.05, 4.69) is 34.9 Å². The van der Waals surface area contributed by atoms with E-state index >= 15 is 0 Å². The van der Waals surface area contributed by atoms with Gasteiger partial charge in [-0.3, -0.25) is 9.36 Å². The van der Waals surface area contributed by atoms with Gasteiger partial charge in [0.25, 0.3) is 5.91 Å². The lowest BCUT2D eigenvalue weighted by atomic mass is 9.96. The van der Waals surface area contributed by atoms with Gasteiger partial charge in [-0.15, -0.1) is 0 Å². The van der Waals surface area contributed by atoms with Crippen molar-refractivity contribution in [1.82, 2.24) is 19.1 Å². The Balaban J connectivity index is 1.95. The Morgan fingerprint density at radius 2 is 1.81 bits per heavy atom. The molecular formula is C29H34BrN5O2. The number of nitrogens with zero attached hydrogens (tertiary/aromatic N) is 4. The molecule has 0 spiro atoms. The third-order valence-corrected chi connectivity index (χ3v) is 7.59. The van der Waals surface area contributed by atoms with E-state index in [-0.39, 0.29) is 23.6 Å². The Kier molecular flexibility index (Phi) is 8.29. The molecule has 194 valence electrons. The molecule has 4 aromatic rings. The van der Waals surface area contributed by atoms with Crippen molar-refractivity contribution in [3.05, 3.63) is 104 Å². The van der Waals surface area contributed by atoms with Gasteiger partial charge < -0.3 is 10.6 Å². The van der Waals surface area contributed by atoms with E-state index in [1.807, 2.05) is 79.4 Å². The molecule has 0 saturated carbocycles. The van der Waals surface area contributed by atoms with E-state index in [1.54, 1.807) is 4.57 Å². The Bertz CT molecular complexity index is 1460. The molecule has 0 aliphatic carbocycles. The Hall–Kier alpha value is -3.23. The van der Waals surface area contributed by atoms with Crippen molar-refractivity contribution in [3.63, 3.8) is 0 Å². The fraction of sp³-hybridized carbons (Fsp3) is 0.345. The largest absolute Gasteiger partial charge is 0.349 e. The zero-order valence-electron chi connectivity index (χ0n) is 21.8. The number of amides is 1. The molecule has 0 bridgehead atoms. The number of aryl methyl sites for hydroxylation is 2. The van der Waals surface area contributed by atoms with Crippen LogP contribution in [0.1, 0.15) is 59.2 Å². The first-order valence-electron chi connectivity index (χ1n) is 12.6. The highest BCUT2D eigenvalue weighted by Crippen LogP contribution is 2.33. The molecule has 0 fully saturated rings. The van der Waals surface area contributed by atoms with Crippen LogP contribution in [0.3, 0.4) is 0 Å². The summed E-state index contributed by atoms with van der Waals surface area (Å²) in [5.74, 6) is -0.0450. The predicted octanol–water partition coefficient (Wildman–Crippen LogP) is 5.11. The lowest BCUT2D eigenvalue weighted by Gasteiger charge is -2.36. The quantitative estimate of drug-likeness (QED) is 0.306. The maximum atomic E-state index is 14.0. The minimum atomic E-state index is -0.358. The lowest BCUT2D eigenvalue weighted by Crippen LogP contribution is -2.42. The number of hydrogen-bond acceptors (Lipinski definition) is 4. The molecule has 1 atom stereocenters. The van der Waals surface area contributed by atoms with Crippen LogP contribution in [0.2, 0.25) is 0 Å². The maximum Gasteiger partial charge on any atom is 0.349 e. The van der Waals surface area contributed by atoms with E-state index in [4.69, 9.17) is 5.73 Å². The topological polar surface area (TPSA) is 85.6 Å². The third kappa shape index (κ3) is 5.55. The van der Waals surface area contributed by atoms with E-state index in [1.165, 1.54) is 4.52 Å². The number of hydrogen-bond donors (Lipinski definition) is 1. The number of carbonyl (C=O) groups is 1. The number of benzene rings is 2. The monoisotopic (exact) mass is 563 g/mol. The fourth-order valence-electron chi connectivity index (χ4n) is 4.84. The molecule has 0 aliphatic rings. The summed E-state index contributed by atoms with van der Waals surface area (Å²) >= 11 is 3.62. The molecule has 7 nitrogen and oxygen atoms in total. The van der Waals surface area contributed by atoms with Crippen molar-refractivity contribution >= 4 is 27.4 Å². The second-order valence-corrected chi connectivity index (χ2v) is 10.6. The molecule has 1 amide bonds. The molecule has 2 heterocycles. The van der Waals surface area contributed by atoms with Crippen LogP contribution in [0.5, 0.6) is 0 Å². The number of aromatic nitrogens is 3. The molecular weight excluding hydrogens is 530 g/mol. The van der Waals surface area contributed by atoms with Crippen LogP contribution in [0.15, 0.2) is 69.9 Å². The first-order valence-corrected chi connectivity index (χ1v) is 13.4. The molecule has 8 heteroatoms. The summed E-state index contributed by atoms with van der Waals surface area (Å²) in [6.45, 7) is 9.33. The first-order chi connectivity index (χ1) is 17.7. The average Bonchev–Trinajstić information content (AvgIpc) is 3.17. The molecule has 2 aromatic carbocycles. The van der Waals surface area contributed by atoms with Crippen LogP contribution < -0.4 is 11.4 Å². The van der Waals surface area contributed by atoms with Gasteiger partial charge in [0.2, 0.25) is 0 Å². The maximum absolute atomic E-state index is 14.0. The summed E-state index contributed by atoms with van der Waals surface area (Å²) in [4.78, 5) is 29.8. The highest BCUT2D eigenvalue weighted by Gasteiger charge is 2.32. The molecule has 4 rings (SSSR count). The molecule has 0 aliphatic heterocycles. The normalized spacial score (nSPS) is 12.3. The average molecular weight is 565 g/mol. The van der Waals surface area contributed by atoms with Crippen molar-refractivity contribution in [2.24, 2.45) is 11.7 Å². The summed E-state index contributed by atoms with van der Waals surface area (Å²) in [6, 6.07) is 19.1. The summed E-state index contributed by atoms with van der Waals surface area (Å²) in [7, 11) is 0. The van der Waals surface area contributed by atoms with E-state index in [9.17, 15) is 9.59 Å². The van der Waals surface area contributed by atoms with Gasteiger partial charge in [-0.2, -0.15) is 9.61 Å². The summed E-state index contributed by atoms with van der Waals surface area (Å²) in [5, 5.41) is 4.49.